The summed E-state index contributed by atoms with van der Waals surface area (Å²) >= 11 is 1.90. The van der Waals surface area contributed by atoms with Crippen molar-refractivity contribution in [3.8, 4) is 0 Å². The maximum absolute atomic E-state index is 4.44. The molecular formula is C18H30IN3S. The van der Waals surface area contributed by atoms with Crippen LogP contribution in [0, 0.1) is 5.92 Å². The number of aliphatic imine (C=N–C) groups is 1. The maximum Gasteiger partial charge on any atom is 0.193 e. The number of benzene rings is 1. The van der Waals surface area contributed by atoms with Crippen LogP contribution < -0.4 is 5.32 Å². The van der Waals surface area contributed by atoms with E-state index in [-0.39, 0.29) is 24.0 Å². The van der Waals surface area contributed by atoms with Crippen molar-refractivity contribution in [2.75, 3.05) is 38.7 Å². The lowest BCUT2D eigenvalue weighted by Gasteiger charge is -2.34. The first-order valence-electron chi connectivity index (χ1n) is 8.32. The molecule has 1 aliphatic heterocycles. The zero-order chi connectivity index (χ0) is 15.6. The Balaban J connectivity index is 0.00000264. The second-order valence-electron chi connectivity index (χ2n) is 5.94. The second kappa shape index (κ2) is 12.0. The first-order chi connectivity index (χ1) is 10.8. The van der Waals surface area contributed by atoms with Crippen molar-refractivity contribution in [1.82, 2.24) is 10.2 Å². The first-order valence-corrected chi connectivity index (χ1v) is 9.71. The van der Waals surface area contributed by atoms with Gasteiger partial charge in [-0.1, -0.05) is 30.3 Å². The number of thioether (sulfide) groups is 1. The van der Waals surface area contributed by atoms with Crippen molar-refractivity contribution in [2.45, 2.75) is 25.7 Å². The van der Waals surface area contributed by atoms with Crippen molar-refractivity contribution < 1.29 is 0 Å². The lowest BCUT2D eigenvalue weighted by molar-refractivity contribution is 0.259. The van der Waals surface area contributed by atoms with Gasteiger partial charge in [0, 0.05) is 26.7 Å². The normalized spacial score (nSPS) is 16.1. The van der Waals surface area contributed by atoms with Crippen LogP contribution in [0.4, 0.5) is 0 Å². The molecule has 0 saturated carbocycles. The lowest BCUT2D eigenvalue weighted by atomic mass is 9.90. The Morgan fingerprint density at radius 2 is 1.96 bits per heavy atom. The minimum Gasteiger partial charge on any atom is -0.356 e. The van der Waals surface area contributed by atoms with Crippen LogP contribution in [-0.2, 0) is 6.42 Å². The highest BCUT2D eigenvalue weighted by Crippen LogP contribution is 2.21. The molecule has 0 spiro atoms. The summed E-state index contributed by atoms with van der Waals surface area (Å²) in [7, 11) is 1.90. The number of likely N-dealkylation sites (tertiary alicyclic amines) is 1. The molecule has 1 saturated heterocycles. The van der Waals surface area contributed by atoms with Crippen LogP contribution in [0.2, 0.25) is 0 Å². The molecule has 1 aromatic rings. The number of nitrogens with one attached hydrogen (secondary N) is 1. The van der Waals surface area contributed by atoms with E-state index in [1.165, 1.54) is 37.0 Å². The SMILES string of the molecule is CN=C(NCCCSC)N1CCC(Cc2ccccc2)CC1.I. The molecule has 2 rings (SSSR count). The van der Waals surface area contributed by atoms with Gasteiger partial charge in [0.25, 0.3) is 0 Å². The quantitative estimate of drug-likeness (QED) is 0.310. The Kier molecular flexibility index (Phi) is 10.8. The lowest BCUT2D eigenvalue weighted by Crippen LogP contribution is -2.46. The summed E-state index contributed by atoms with van der Waals surface area (Å²) in [5.74, 6) is 3.11. The number of nitrogens with zero attached hydrogens (tertiary/aromatic N) is 2. The topological polar surface area (TPSA) is 27.6 Å². The molecule has 0 radical (unpaired) electrons. The Hall–Kier alpha value is -0.430. The molecule has 3 nitrogen and oxygen atoms in total. The summed E-state index contributed by atoms with van der Waals surface area (Å²) in [4.78, 5) is 6.86. The van der Waals surface area contributed by atoms with Crippen LogP contribution in [0.1, 0.15) is 24.8 Å². The van der Waals surface area contributed by atoms with Crippen LogP contribution in [0.5, 0.6) is 0 Å². The summed E-state index contributed by atoms with van der Waals surface area (Å²) in [5, 5.41) is 3.50. The summed E-state index contributed by atoms with van der Waals surface area (Å²) < 4.78 is 0. The van der Waals surface area contributed by atoms with E-state index in [0.29, 0.717) is 0 Å². The van der Waals surface area contributed by atoms with Crippen LogP contribution in [0.25, 0.3) is 0 Å². The van der Waals surface area contributed by atoms with E-state index in [4.69, 9.17) is 0 Å². The zero-order valence-electron chi connectivity index (χ0n) is 14.3. The molecule has 5 heteroatoms. The van der Waals surface area contributed by atoms with Gasteiger partial charge in [-0.15, -0.1) is 24.0 Å². The molecule has 130 valence electrons. The van der Waals surface area contributed by atoms with Crippen molar-refractivity contribution in [3.63, 3.8) is 0 Å². The van der Waals surface area contributed by atoms with E-state index in [1.54, 1.807) is 0 Å². The molecule has 0 unspecified atom stereocenters. The maximum atomic E-state index is 4.44. The Labute approximate surface area is 162 Å². The molecule has 23 heavy (non-hydrogen) atoms. The van der Waals surface area contributed by atoms with Crippen LogP contribution in [0.3, 0.4) is 0 Å². The van der Waals surface area contributed by atoms with Gasteiger partial charge in [-0.05, 0) is 49.2 Å². The predicted molar refractivity (Wildman–Crippen MR) is 114 cm³/mol. The van der Waals surface area contributed by atoms with Crippen LogP contribution >= 0.6 is 35.7 Å². The van der Waals surface area contributed by atoms with Gasteiger partial charge in [0.05, 0.1) is 0 Å². The second-order valence-corrected chi connectivity index (χ2v) is 6.93. The van der Waals surface area contributed by atoms with E-state index >= 15 is 0 Å². The average Bonchev–Trinajstić information content (AvgIpc) is 2.57. The molecule has 1 aromatic carbocycles. The number of piperidine rings is 1. The van der Waals surface area contributed by atoms with Gasteiger partial charge in [-0.2, -0.15) is 11.8 Å². The fourth-order valence-electron chi connectivity index (χ4n) is 3.05. The third kappa shape index (κ3) is 7.33. The number of guanidine groups is 1. The van der Waals surface area contributed by atoms with E-state index in [9.17, 15) is 0 Å². The third-order valence-electron chi connectivity index (χ3n) is 4.30. The van der Waals surface area contributed by atoms with Gasteiger partial charge in [0.1, 0.15) is 0 Å². The third-order valence-corrected chi connectivity index (χ3v) is 5.00. The van der Waals surface area contributed by atoms with Crippen molar-refractivity contribution >= 4 is 41.7 Å². The molecule has 1 N–H and O–H groups in total. The van der Waals surface area contributed by atoms with Crippen molar-refractivity contribution in [1.29, 1.82) is 0 Å². The number of halogens is 1. The molecule has 0 atom stereocenters. The Morgan fingerprint density at radius 3 is 2.57 bits per heavy atom. The highest BCUT2D eigenvalue weighted by molar-refractivity contribution is 14.0. The fourth-order valence-corrected chi connectivity index (χ4v) is 3.48. The van der Waals surface area contributed by atoms with Gasteiger partial charge in [0.2, 0.25) is 0 Å². The standard InChI is InChI=1S/C18H29N3S.HI/c1-19-18(20-11-6-14-22-2)21-12-9-17(10-13-21)15-16-7-4-3-5-8-16;/h3-5,7-8,17H,6,9-15H2,1-2H3,(H,19,20);1H. The summed E-state index contributed by atoms with van der Waals surface area (Å²) in [6.07, 6.45) is 7.10. The van der Waals surface area contributed by atoms with Gasteiger partial charge in [0.15, 0.2) is 5.96 Å². The Morgan fingerprint density at radius 1 is 1.26 bits per heavy atom. The molecule has 0 aromatic heterocycles. The highest BCUT2D eigenvalue weighted by atomic mass is 127. The van der Waals surface area contributed by atoms with E-state index in [2.05, 4.69) is 51.8 Å². The zero-order valence-corrected chi connectivity index (χ0v) is 17.5. The van der Waals surface area contributed by atoms with Crippen LogP contribution in [0.15, 0.2) is 35.3 Å². The predicted octanol–water partition coefficient (Wildman–Crippen LogP) is 3.89. The molecular weight excluding hydrogens is 417 g/mol. The van der Waals surface area contributed by atoms with Crippen LogP contribution in [-0.4, -0.2) is 49.6 Å². The van der Waals surface area contributed by atoms with Gasteiger partial charge < -0.3 is 10.2 Å². The van der Waals surface area contributed by atoms with E-state index in [0.717, 1.165) is 31.5 Å². The van der Waals surface area contributed by atoms with E-state index < -0.39 is 0 Å². The summed E-state index contributed by atoms with van der Waals surface area (Å²) in [6.45, 7) is 3.27. The molecule has 1 heterocycles. The number of hydrogen-bond donors (Lipinski definition) is 1. The van der Waals surface area contributed by atoms with Crippen molar-refractivity contribution in [3.05, 3.63) is 35.9 Å². The average molecular weight is 447 g/mol. The molecule has 1 fully saturated rings. The summed E-state index contributed by atoms with van der Waals surface area (Å²) in [5.41, 5.74) is 1.47. The number of rotatable bonds is 6. The molecule has 1 aliphatic rings. The monoisotopic (exact) mass is 447 g/mol. The first kappa shape index (κ1) is 20.6. The van der Waals surface area contributed by atoms with Gasteiger partial charge >= 0.3 is 0 Å². The smallest absolute Gasteiger partial charge is 0.193 e. The minimum absolute atomic E-state index is 0. The van der Waals surface area contributed by atoms with E-state index in [1.807, 2.05) is 18.8 Å². The fraction of sp³-hybridized carbons (Fsp3) is 0.611. The van der Waals surface area contributed by atoms with Crippen molar-refractivity contribution in [2.24, 2.45) is 10.9 Å². The molecule has 0 aliphatic carbocycles. The van der Waals surface area contributed by atoms with Gasteiger partial charge in [-0.3, -0.25) is 4.99 Å². The largest absolute Gasteiger partial charge is 0.356 e. The highest BCUT2D eigenvalue weighted by Gasteiger charge is 2.21. The minimum atomic E-state index is 0. The molecule has 0 amide bonds. The number of hydrogen-bond acceptors (Lipinski definition) is 2. The molecule has 0 bridgehead atoms. The summed E-state index contributed by atoms with van der Waals surface area (Å²) in [6, 6.07) is 10.9. The Bertz CT molecular complexity index is 445. The van der Waals surface area contributed by atoms with Gasteiger partial charge in [-0.25, -0.2) is 0 Å².